The molecule has 0 aromatic carbocycles. The van der Waals surface area contributed by atoms with Crippen LogP contribution in [0.4, 0.5) is 0 Å². The minimum absolute atomic E-state index is 0.0378. The first-order chi connectivity index (χ1) is 8.74. The Morgan fingerprint density at radius 2 is 2.33 bits per heavy atom. The van der Waals surface area contributed by atoms with E-state index in [1.54, 1.807) is 7.11 Å². The summed E-state index contributed by atoms with van der Waals surface area (Å²) in [6.07, 6.45) is 4.68. The van der Waals surface area contributed by atoms with Crippen molar-refractivity contribution in [1.29, 1.82) is 5.26 Å². The molecule has 0 spiro atoms. The van der Waals surface area contributed by atoms with Crippen molar-refractivity contribution in [3.05, 3.63) is 0 Å². The summed E-state index contributed by atoms with van der Waals surface area (Å²) in [7, 11) is 1.76. The number of carbonyl (C=O) groups is 1. The smallest absolute Gasteiger partial charge is 0.234 e. The van der Waals surface area contributed by atoms with Gasteiger partial charge in [-0.1, -0.05) is 0 Å². The summed E-state index contributed by atoms with van der Waals surface area (Å²) in [5.41, 5.74) is 0. The average molecular weight is 251 g/mol. The third-order valence-electron chi connectivity index (χ3n) is 4.04. The quantitative estimate of drug-likeness (QED) is 0.797. The first-order valence-electron chi connectivity index (χ1n) is 6.67. The van der Waals surface area contributed by atoms with Crippen LogP contribution in [0, 0.1) is 11.3 Å². The van der Waals surface area contributed by atoms with Gasteiger partial charge in [-0.3, -0.25) is 9.69 Å². The van der Waals surface area contributed by atoms with Gasteiger partial charge in [-0.2, -0.15) is 5.26 Å². The molecule has 1 N–H and O–H groups in total. The molecule has 5 heteroatoms. The van der Waals surface area contributed by atoms with Crippen molar-refractivity contribution in [1.82, 2.24) is 10.2 Å². The van der Waals surface area contributed by atoms with Crippen LogP contribution < -0.4 is 5.32 Å². The molecule has 3 atom stereocenters. The zero-order valence-electron chi connectivity index (χ0n) is 10.9. The van der Waals surface area contributed by atoms with E-state index in [0.717, 1.165) is 38.8 Å². The Labute approximate surface area is 108 Å². The van der Waals surface area contributed by atoms with Crippen LogP contribution in [0.3, 0.4) is 0 Å². The van der Waals surface area contributed by atoms with Gasteiger partial charge in [-0.25, -0.2) is 0 Å². The highest BCUT2D eigenvalue weighted by Crippen LogP contribution is 2.27. The van der Waals surface area contributed by atoms with Crippen LogP contribution >= 0.6 is 0 Å². The van der Waals surface area contributed by atoms with Crippen molar-refractivity contribution in [2.24, 2.45) is 0 Å². The molecule has 1 aliphatic carbocycles. The molecule has 1 unspecified atom stereocenters. The second-order valence-electron chi connectivity index (χ2n) is 5.15. The van der Waals surface area contributed by atoms with Crippen molar-refractivity contribution in [3.63, 3.8) is 0 Å². The highest BCUT2D eigenvalue weighted by Gasteiger charge is 2.36. The lowest BCUT2D eigenvalue weighted by molar-refractivity contribution is -0.121. The standard InChI is InChI=1S/C13H21N3O2/c1-18-10-6-8-16(9-10)12-4-2-3-11(12)15-13(17)5-7-14/h10-12H,2-6,8-9H2,1H3,(H,15,17)/t10?,11-,12+/m1/s1. The molecule has 5 nitrogen and oxygen atoms in total. The lowest BCUT2D eigenvalue weighted by Crippen LogP contribution is -2.48. The van der Waals surface area contributed by atoms with E-state index < -0.39 is 0 Å². The number of hydrogen-bond acceptors (Lipinski definition) is 4. The normalized spacial score (nSPS) is 32.3. The van der Waals surface area contributed by atoms with Crippen LogP contribution in [-0.4, -0.2) is 49.2 Å². The van der Waals surface area contributed by atoms with Crippen LogP contribution in [0.5, 0.6) is 0 Å². The predicted molar refractivity (Wildman–Crippen MR) is 66.8 cm³/mol. The molecule has 0 radical (unpaired) electrons. The van der Waals surface area contributed by atoms with Gasteiger partial charge in [-0.05, 0) is 25.7 Å². The average Bonchev–Trinajstić information content (AvgIpc) is 2.96. The molecule has 1 aliphatic heterocycles. The molecule has 2 aliphatic rings. The van der Waals surface area contributed by atoms with E-state index in [0.29, 0.717) is 12.1 Å². The molecule has 2 rings (SSSR count). The van der Waals surface area contributed by atoms with E-state index in [9.17, 15) is 4.79 Å². The van der Waals surface area contributed by atoms with E-state index in [4.69, 9.17) is 10.00 Å². The van der Waals surface area contributed by atoms with E-state index in [1.165, 1.54) is 0 Å². The van der Waals surface area contributed by atoms with Gasteiger partial charge >= 0.3 is 0 Å². The Bertz CT molecular complexity index is 340. The van der Waals surface area contributed by atoms with Crippen molar-refractivity contribution >= 4 is 5.91 Å². The van der Waals surface area contributed by atoms with Gasteiger partial charge in [0.05, 0.1) is 12.2 Å². The van der Waals surface area contributed by atoms with Crippen LogP contribution in [0.25, 0.3) is 0 Å². The summed E-state index contributed by atoms with van der Waals surface area (Å²) in [4.78, 5) is 13.9. The molecule has 1 saturated heterocycles. The van der Waals surface area contributed by atoms with Gasteiger partial charge in [0.25, 0.3) is 0 Å². The largest absolute Gasteiger partial charge is 0.380 e. The number of ether oxygens (including phenoxy) is 1. The van der Waals surface area contributed by atoms with Crippen LogP contribution in [0.1, 0.15) is 32.1 Å². The lowest BCUT2D eigenvalue weighted by Gasteiger charge is -2.29. The highest BCUT2D eigenvalue weighted by atomic mass is 16.5. The number of amides is 1. The monoisotopic (exact) mass is 251 g/mol. The number of carbonyl (C=O) groups excluding carboxylic acids is 1. The third kappa shape index (κ3) is 3.01. The number of nitrogens with one attached hydrogen (secondary N) is 1. The molecular formula is C13H21N3O2. The summed E-state index contributed by atoms with van der Waals surface area (Å²) >= 11 is 0. The highest BCUT2D eigenvalue weighted by molar-refractivity contribution is 5.78. The summed E-state index contributed by atoms with van der Waals surface area (Å²) in [6.45, 7) is 2.01. The van der Waals surface area contributed by atoms with Crippen molar-refractivity contribution in [2.45, 2.75) is 50.3 Å². The minimum Gasteiger partial charge on any atom is -0.380 e. The maximum Gasteiger partial charge on any atom is 0.234 e. The number of rotatable bonds is 4. The second-order valence-corrected chi connectivity index (χ2v) is 5.15. The van der Waals surface area contributed by atoms with Crippen LogP contribution in [-0.2, 0) is 9.53 Å². The predicted octanol–water partition coefficient (Wildman–Crippen LogP) is 0.658. The number of hydrogen-bond donors (Lipinski definition) is 1. The first kappa shape index (κ1) is 13.3. The number of methoxy groups -OCH3 is 1. The van der Waals surface area contributed by atoms with E-state index in [2.05, 4.69) is 10.2 Å². The Kier molecular flexibility index (Phi) is 4.56. The zero-order valence-corrected chi connectivity index (χ0v) is 10.9. The molecule has 0 bridgehead atoms. The van der Waals surface area contributed by atoms with Gasteiger partial charge in [0, 0.05) is 32.3 Å². The third-order valence-corrected chi connectivity index (χ3v) is 4.04. The van der Waals surface area contributed by atoms with E-state index >= 15 is 0 Å². The molecule has 18 heavy (non-hydrogen) atoms. The fraction of sp³-hybridized carbons (Fsp3) is 0.846. The lowest BCUT2D eigenvalue weighted by atomic mass is 10.1. The van der Waals surface area contributed by atoms with E-state index in [-0.39, 0.29) is 18.4 Å². The Morgan fingerprint density at radius 1 is 1.50 bits per heavy atom. The maximum absolute atomic E-state index is 11.5. The summed E-state index contributed by atoms with van der Waals surface area (Å²) in [5, 5.41) is 11.5. The first-order valence-corrected chi connectivity index (χ1v) is 6.67. The van der Waals surface area contributed by atoms with Crippen LogP contribution in [0.15, 0.2) is 0 Å². The van der Waals surface area contributed by atoms with Gasteiger partial charge in [0.1, 0.15) is 6.42 Å². The Balaban J connectivity index is 1.88. The van der Waals surface area contributed by atoms with E-state index in [1.807, 2.05) is 6.07 Å². The maximum atomic E-state index is 11.5. The SMILES string of the molecule is COC1CCN([C@H]2CCC[C@H]2NC(=O)CC#N)C1. The fourth-order valence-electron chi connectivity index (χ4n) is 3.12. The number of nitriles is 1. The molecule has 1 amide bonds. The fourth-order valence-corrected chi connectivity index (χ4v) is 3.12. The van der Waals surface area contributed by atoms with Gasteiger partial charge in [0.15, 0.2) is 0 Å². The molecule has 100 valence electrons. The van der Waals surface area contributed by atoms with Crippen molar-refractivity contribution in [2.75, 3.05) is 20.2 Å². The van der Waals surface area contributed by atoms with Gasteiger partial charge in [-0.15, -0.1) is 0 Å². The topological polar surface area (TPSA) is 65.4 Å². The molecule has 1 saturated carbocycles. The zero-order chi connectivity index (χ0) is 13.0. The molecular weight excluding hydrogens is 230 g/mol. The summed E-state index contributed by atoms with van der Waals surface area (Å²) in [6, 6.07) is 2.53. The second kappa shape index (κ2) is 6.17. The van der Waals surface area contributed by atoms with Crippen molar-refractivity contribution in [3.8, 4) is 6.07 Å². The molecule has 1 heterocycles. The molecule has 0 aromatic rings. The molecule has 2 fully saturated rings. The Morgan fingerprint density at radius 3 is 3.00 bits per heavy atom. The van der Waals surface area contributed by atoms with Crippen LogP contribution in [0.2, 0.25) is 0 Å². The summed E-state index contributed by atoms with van der Waals surface area (Å²) < 4.78 is 5.38. The molecule has 0 aromatic heterocycles. The number of likely N-dealkylation sites (tertiary alicyclic amines) is 1. The minimum atomic E-state index is -0.142. The Hall–Kier alpha value is -1.12. The van der Waals surface area contributed by atoms with Crippen molar-refractivity contribution < 1.29 is 9.53 Å². The van der Waals surface area contributed by atoms with Gasteiger partial charge < -0.3 is 10.1 Å². The van der Waals surface area contributed by atoms with Gasteiger partial charge in [0.2, 0.25) is 5.91 Å². The summed E-state index contributed by atoms with van der Waals surface area (Å²) in [5.74, 6) is -0.142. The number of nitrogens with zero attached hydrogens (tertiary/aromatic N) is 2.